The molecule has 1 N–H and O–H groups in total. The summed E-state index contributed by atoms with van der Waals surface area (Å²) < 4.78 is 1.97. The fourth-order valence-electron chi connectivity index (χ4n) is 3.17. The average molecular weight is 290 g/mol. The van der Waals surface area contributed by atoms with Crippen LogP contribution in [-0.4, -0.2) is 22.9 Å². The van der Waals surface area contributed by atoms with Crippen LogP contribution in [-0.2, 0) is 7.05 Å². The van der Waals surface area contributed by atoms with Gasteiger partial charge in [0.2, 0.25) is 0 Å². The number of piperidine rings is 1. The molecule has 0 amide bonds. The Morgan fingerprint density at radius 3 is 2.65 bits per heavy atom. The summed E-state index contributed by atoms with van der Waals surface area (Å²) in [5.74, 6) is 1.02. The maximum absolute atomic E-state index is 6.00. The maximum atomic E-state index is 6.00. The first kappa shape index (κ1) is 13.7. The van der Waals surface area contributed by atoms with Crippen molar-refractivity contribution < 1.29 is 0 Å². The van der Waals surface area contributed by atoms with Crippen LogP contribution in [0.4, 0.5) is 0 Å². The zero-order chi connectivity index (χ0) is 14.1. The zero-order valence-corrected chi connectivity index (χ0v) is 12.7. The SMILES string of the molecule is Cc1c(C2CCNCC2c2ccc(Cl)cc2)cnn1C. The molecule has 0 saturated carbocycles. The monoisotopic (exact) mass is 289 g/mol. The molecular weight excluding hydrogens is 270 g/mol. The van der Waals surface area contributed by atoms with E-state index in [4.69, 9.17) is 11.6 Å². The van der Waals surface area contributed by atoms with Gasteiger partial charge in [0.25, 0.3) is 0 Å². The molecule has 1 fully saturated rings. The molecule has 1 aromatic heterocycles. The van der Waals surface area contributed by atoms with Gasteiger partial charge >= 0.3 is 0 Å². The van der Waals surface area contributed by atoms with E-state index in [1.54, 1.807) is 0 Å². The van der Waals surface area contributed by atoms with Gasteiger partial charge in [-0.2, -0.15) is 5.10 Å². The topological polar surface area (TPSA) is 29.9 Å². The number of hydrogen-bond acceptors (Lipinski definition) is 2. The molecule has 1 aliphatic rings. The van der Waals surface area contributed by atoms with E-state index in [0.29, 0.717) is 11.8 Å². The predicted octanol–water partition coefficient (Wildman–Crippen LogP) is 3.24. The standard InChI is InChI=1S/C16H20ClN3/c1-11-15(10-19-20(11)2)14-7-8-18-9-16(14)12-3-5-13(17)6-4-12/h3-6,10,14,16,18H,7-9H2,1-2H3. The molecule has 1 aromatic carbocycles. The summed E-state index contributed by atoms with van der Waals surface area (Å²) >= 11 is 6.00. The van der Waals surface area contributed by atoms with Crippen LogP contribution in [0.25, 0.3) is 0 Å². The third-order valence-corrected chi connectivity index (χ3v) is 4.70. The summed E-state index contributed by atoms with van der Waals surface area (Å²) in [5.41, 5.74) is 4.01. The van der Waals surface area contributed by atoms with Crippen molar-refractivity contribution in [1.29, 1.82) is 0 Å². The van der Waals surface area contributed by atoms with E-state index in [9.17, 15) is 0 Å². The van der Waals surface area contributed by atoms with Gasteiger partial charge in [0.05, 0.1) is 6.20 Å². The quantitative estimate of drug-likeness (QED) is 0.920. The van der Waals surface area contributed by atoms with E-state index in [1.807, 2.05) is 30.1 Å². The van der Waals surface area contributed by atoms with E-state index in [2.05, 4.69) is 29.5 Å². The van der Waals surface area contributed by atoms with Crippen molar-refractivity contribution in [2.75, 3.05) is 13.1 Å². The normalized spacial score (nSPS) is 22.9. The van der Waals surface area contributed by atoms with Gasteiger partial charge in [-0.1, -0.05) is 23.7 Å². The number of benzene rings is 1. The minimum atomic E-state index is 0.490. The first-order chi connectivity index (χ1) is 9.66. The van der Waals surface area contributed by atoms with Crippen molar-refractivity contribution in [2.24, 2.45) is 7.05 Å². The Labute approximate surface area is 124 Å². The van der Waals surface area contributed by atoms with Crippen LogP contribution in [0.2, 0.25) is 5.02 Å². The van der Waals surface area contributed by atoms with Gasteiger partial charge in [-0.05, 0) is 49.1 Å². The van der Waals surface area contributed by atoms with E-state index in [1.165, 1.54) is 16.8 Å². The molecular formula is C16H20ClN3. The highest BCUT2D eigenvalue weighted by atomic mass is 35.5. The van der Waals surface area contributed by atoms with E-state index >= 15 is 0 Å². The Kier molecular flexibility index (Phi) is 3.81. The Bertz CT molecular complexity index is 588. The average Bonchev–Trinajstić information content (AvgIpc) is 2.80. The molecule has 0 spiro atoms. The van der Waals surface area contributed by atoms with Gasteiger partial charge in [0, 0.05) is 30.2 Å². The first-order valence-corrected chi connectivity index (χ1v) is 7.49. The molecule has 4 heteroatoms. The molecule has 2 aromatic rings. The van der Waals surface area contributed by atoms with Crippen LogP contribution >= 0.6 is 11.6 Å². The molecule has 20 heavy (non-hydrogen) atoms. The third-order valence-electron chi connectivity index (χ3n) is 4.45. The van der Waals surface area contributed by atoms with Gasteiger partial charge in [0.15, 0.2) is 0 Å². The molecule has 0 bridgehead atoms. The second kappa shape index (κ2) is 5.58. The second-order valence-electron chi connectivity index (χ2n) is 5.57. The zero-order valence-electron chi connectivity index (χ0n) is 11.9. The van der Waals surface area contributed by atoms with Gasteiger partial charge in [0.1, 0.15) is 0 Å². The minimum Gasteiger partial charge on any atom is -0.316 e. The van der Waals surface area contributed by atoms with Gasteiger partial charge in [-0.25, -0.2) is 0 Å². The van der Waals surface area contributed by atoms with Crippen LogP contribution in [0.3, 0.4) is 0 Å². The summed E-state index contributed by atoms with van der Waals surface area (Å²) in [6, 6.07) is 8.27. The molecule has 2 unspecified atom stereocenters. The number of halogens is 1. The number of aromatic nitrogens is 2. The first-order valence-electron chi connectivity index (χ1n) is 7.11. The summed E-state index contributed by atoms with van der Waals surface area (Å²) in [4.78, 5) is 0. The lowest BCUT2D eigenvalue weighted by atomic mass is 9.77. The molecule has 3 nitrogen and oxygen atoms in total. The Hall–Kier alpha value is -1.32. The number of nitrogens with one attached hydrogen (secondary N) is 1. The van der Waals surface area contributed by atoms with Crippen LogP contribution in [0.1, 0.15) is 35.1 Å². The van der Waals surface area contributed by atoms with Crippen molar-refractivity contribution in [3.05, 3.63) is 52.3 Å². The highest BCUT2D eigenvalue weighted by Gasteiger charge is 2.29. The fraction of sp³-hybridized carbons (Fsp3) is 0.438. The largest absolute Gasteiger partial charge is 0.316 e. The second-order valence-corrected chi connectivity index (χ2v) is 6.00. The highest BCUT2D eigenvalue weighted by Crippen LogP contribution is 2.38. The molecule has 1 aliphatic heterocycles. The van der Waals surface area contributed by atoms with Crippen molar-refractivity contribution >= 4 is 11.6 Å². The molecule has 3 rings (SSSR count). The summed E-state index contributed by atoms with van der Waals surface area (Å²) in [6.45, 7) is 4.24. The van der Waals surface area contributed by atoms with Crippen LogP contribution in [0.5, 0.6) is 0 Å². The lowest BCUT2D eigenvalue weighted by Gasteiger charge is -2.32. The Morgan fingerprint density at radius 1 is 1.25 bits per heavy atom. The Balaban J connectivity index is 1.95. The van der Waals surface area contributed by atoms with Crippen LogP contribution in [0, 0.1) is 6.92 Å². The number of aryl methyl sites for hydroxylation is 1. The third kappa shape index (κ3) is 2.48. The number of rotatable bonds is 2. The van der Waals surface area contributed by atoms with E-state index < -0.39 is 0 Å². The number of hydrogen-bond donors (Lipinski definition) is 1. The smallest absolute Gasteiger partial charge is 0.0527 e. The van der Waals surface area contributed by atoms with Crippen molar-refractivity contribution in [3.8, 4) is 0 Å². The van der Waals surface area contributed by atoms with E-state index in [-0.39, 0.29) is 0 Å². The fourth-order valence-corrected chi connectivity index (χ4v) is 3.30. The molecule has 2 heterocycles. The van der Waals surface area contributed by atoms with E-state index in [0.717, 1.165) is 24.5 Å². The van der Waals surface area contributed by atoms with Crippen molar-refractivity contribution in [2.45, 2.75) is 25.2 Å². The van der Waals surface area contributed by atoms with Crippen LogP contribution in [0.15, 0.2) is 30.5 Å². The lowest BCUT2D eigenvalue weighted by Crippen LogP contribution is -2.34. The molecule has 106 valence electrons. The van der Waals surface area contributed by atoms with Gasteiger partial charge in [-0.15, -0.1) is 0 Å². The van der Waals surface area contributed by atoms with Gasteiger partial charge in [-0.3, -0.25) is 4.68 Å². The van der Waals surface area contributed by atoms with Crippen molar-refractivity contribution in [3.63, 3.8) is 0 Å². The summed E-state index contributed by atoms with van der Waals surface area (Å²) in [6.07, 6.45) is 3.19. The minimum absolute atomic E-state index is 0.490. The summed E-state index contributed by atoms with van der Waals surface area (Å²) in [5, 5.41) is 8.72. The highest BCUT2D eigenvalue weighted by molar-refractivity contribution is 6.30. The predicted molar refractivity (Wildman–Crippen MR) is 82.4 cm³/mol. The lowest BCUT2D eigenvalue weighted by molar-refractivity contribution is 0.403. The summed E-state index contributed by atoms with van der Waals surface area (Å²) in [7, 11) is 2.01. The molecule has 0 aliphatic carbocycles. The van der Waals surface area contributed by atoms with Gasteiger partial charge < -0.3 is 5.32 Å². The Morgan fingerprint density at radius 2 is 2.00 bits per heavy atom. The van der Waals surface area contributed by atoms with Crippen molar-refractivity contribution in [1.82, 2.24) is 15.1 Å². The number of nitrogens with zero attached hydrogens (tertiary/aromatic N) is 2. The molecule has 0 radical (unpaired) electrons. The molecule has 1 saturated heterocycles. The van der Waals surface area contributed by atoms with Crippen LogP contribution < -0.4 is 5.32 Å². The maximum Gasteiger partial charge on any atom is 0.0527 e. The molecule has 2 atom stereocenters.